The Morgan fingerprint density at radius 3 is 3.04 bits per heavy atom. The van der Waals surface area contributed by atoms with Gasteiger partial charge in [0, 0.05) is 44.1 Å². The number of ether oxygens (including phenoxy) is 1. The molecule has 0 spiro atoms. The van der Waals surface area contributed by atoms with Crippen molar-refractivity contribution in [3.05, 3.63) is 42.7 Å². The van der Waals surface area contributed by atoms with E-state index in [1.807, 2.05) is 24.5 Å². The topological polar surface area (TPSA) is 80.5 Å². The quantitative estimate of drug-likeness (QED) is 0.828. The van der Waals surface area contributed by atoms with E-state index in [1.165, 1.54) is 0 Å². The standard InChI is InChI=1S/C18H24N4O3/c1-2-22-9-7-20-17(22)13-21-8-5-16(14(12-21)10-18(23)24)25-15-4-3-6-19-11-15/h3-4,6-7,9,11,14,16H,2,5,8,10,12-13H2,1H3,(H,23,24)/t14-,16-/m1/s1. The largest absolute Gasteiger partial charge is 0.488 e. The highest BCUT2D eigenvalue weighted by Gasteiger charge is 2.33. The summed E-state index contributed by atoms with van der Waals surface area (Å²) in [6.45, 7) is 5.25. The molecule has 0 saturated carbocycles. The smallest absolute Gasteiger partial charge is 0.303 e. The van der Waals surface area contributed by atoms with E-state index >= 15 is 0 Å². The van der Waals surface area contributed by atoms with Crippen LogP contribution in [0.2, 0.25) is 0 Å². The summed E-state index contributed by atoms with van der Waals surface area (Å²) in [5.41, 5.74) is 0. The van der Waals surface area contributed by atoms with E-state index in [1.54, 1.807) is 12.4 Å². The molecule has 7 nitrogen and oxygen atoms in total. The second-order valence-corrected chi connectivity index (χ2v) is 6.36. The molecular weight excluding hydrogens is 320 g/mol. The van der Waals surface area contributed by atoms with E-state index in [2.05, 4.69) is 26.4 Å². The van der Waals surface area contributed by atoms with E-state index in [-0.39, 0.29) is 18.4 Å². The Labute approximate surface area is 147 Å². The summed E-state index contributed by atoms with van der Waals surface area (Å²) in [6, 6.07) is 3.68. The number of aliphatic carboxylic acids is 1. The van der Waals surface area contributed by atoms with E-state index in [0.717, 1.165) is 31.9 Å². The first-order valence-corrected chi connectivity index (χ1v) is 8.66. The molecule has 0 radical (unpaired) electrons. The maximum absolute atomic E-state index is 11.3. The number of imidazole rings is 1. The van der Waals surface area contributed by atoms with Crippen molar-refractivity contribution in [2.45, 2.75) is 39.0 Å². The predicted molar refractivity (Wildman–Crippen MR) is 92.2 cm³/mol. The summed E-state index contributed by atoms with van der Waals surface area (Å²) >= 11 is 0. The lowest BCUT2D eigenvalue weighted by molar-refractivity contribution is -0.139. The minimum Gasteiger partial charge on any atom is -0.488 e. The zero-order chi connectivity index (χ0) is 17.6. The Hall–Kier alpha value is -2.41. The number of aryl methyl sites for hydroxylation is 1. The molecule has 1 saturated heterocycles. The van der Waals surface area contributed by atoms with Gasteiger partial charge in [0.2, 0.25) is 0 Å². The van der Waals surface area contributed by atoms with Crippen molar-refractivity contribution < 1.29 is 14.6 Å². The first-order valence-electron chi connectivity index (χ1n) is 8.66. The predicted octanol–water partition coefficient (Wildman–Crippen LogP) is 2.04. The lowest BCUT2D eigenvalue weighted by Gasteiger charge is -2.37. The Kier molecular flexibility index (Phi) is 5.65. The number of pyridine rings is 1. The van der Waals surface area contributed by atoms with Crippen molar-refractivity contribution >= 4 is 5.97 Å². The Bertz CT molecular complexity index is 689. The third kappa shape index (κ3) is 4.57. The molecule has 0 aromatic carbocycles. The second-order valence-electron chi connectivity index (χ2n) is 6.36. The molecule has 1 N–H and O–H groups in total. The highest BCUT2D eigenvalue weighted by molar-refractivity contribution is 5.67. The van der Waals surface area contributed by atoms with E-state index in [4.69, 9.17) is 4.74 Å². The van der Waals surface area contributed by atoms with Gasteiger partial charge in [-0.2, -0.15) is 0 Å². The van der Waals surface area contributed by atoms with E-state index < -0.39 is 5.97 Å². The molecule has 3 heterocycles. The molecule has 1 fully saturated rings. The summed E-state index contributed by atoms with van der Waals surface area (Å²) in [5.74, 6) is 0.860. The zero-order valence-corrected chi connectivity index (χ0v) is 14.4. The molecule has 134 valence electrons. The molecule has 1 aliphatic heterocycles. The van der Waals surface area contributed by atoms with Crippen LogP contribution in [0.5, 0.6) is 5.75 Å². The molecule has 2 atom stereocenters. The van der Waals surface area contributed by atoms with Crippen LogP contribution < -0.4 is 4.74 Å². The molecule has 0 bridgehead atoms. The zero-order valence-electron chi connectivity index (χ0n) is 14.4. The van der Waals surface area contributed by atoms with Gasteiger partial charge >= 0.3 is 5.97 Å². The number of hydrogen-bond acceptors (Lipinski definition) is 5. The van der Waals surface area contributed by atoms with Crippen molar-refractivity contribution in [3.63, 3.8) is 0 Å². The maximum Gasteiger partial charge on any atom is 0.303 e. The minimum atomic E-state index is -0.790. The fraction of sp³-hybridized carbons (Fsp3) is 0.500. The monoisotopic (exact) mass is 344 g/mol. The van der Waals surface area contributed by atoms with Crippen LogP contribution in [-0.2, 0) is 17.9 Å². The summed E-state index contributed by atoms with van der Waals surface area (Å²) in [4.78, 5) is 22.0. The lowest BCUT2D eigenvalue weighted by Crippen LogP contribution is -2.46. The molecule has 3 rings (SSSR count). The Balaban J connectivity index is 1.66. The van der Waals surface area contributed by atoms with Crippen LogP contribution in [0.25, 0.3) is 0 Å². The molecule has 2 aromatic rings. The third-order valence-corrected chi connectivity index (χ3v) is 4.61. The van der Waals surface area contributed by atoms with Crippen LogP contribution >= 0.6 is 0 Å². The van der Waals surface area contributed by atoms with Crippen LogP contribution in [0.4, 0.5) is 0 Å². The van der Waals surface area contributed by atoms with Gasteiger partial charge in [0.25, 0.3) is 0 Å². The summed E-state index contributed by atoms with van der Waals surface area (Å²) in [5, 5.41) is 9.27. The van der Waals surface area contributed by atoms with Gasteiger partial charge in [-0.25, -0.2) is 4.98 Å². The number of hydrogen-bond donors (Lipinski definition) is 1. The lowest BCUT2D eigenvalue weighted by atomic mass is 9.91. The molecule has 7 heteroatoms. The number of carbonyl (C=O) groups is 1. The molecule has 0 aliphatic carbocycles. The van der Waals surface area contributed by atoms with Gasteiger partial charge in [-0.1, -0.05) is 0 Å². The fourth-order valence-electron chi connectivity index (χ4n) is 3.38. The average Bonchev–Trinajstić information content (AvgIpc) is 3.05. The molecule has 1 aliphatic rings. The van der Waals surface area contributed by atoms with E-state index in [9.17, 15) is 9.90 Å². The molecule has 0 unspecified atom stereocenters. The van der Waals surface area contributed by atoms with Gasteiger partial charge in [0.1, 0.15) is 17.7 Å². The number of nitrogens with zero attached hydrogens (tertiary/aromatic N) is 4. The molecule has 0 amide bonds. The Morgan fingerprint density at radius 1 is 1.44 bits per heavy atom. The van der Waals surface area contributed by atoms with Crippen molar-refractivity contribution in [1.29, 1.82) is 0 Å². The number of carboxylic acid groups (broad SMARTS) is 1. The van der Waals surface area contributed by atoms with Gasteiger partial charge in [0.05, 0.1) is 19.2 Å². The van der Waals surface area contributed by atoms with Crippen LogP contribution in [0, 0.1) is 5.92 Å². The minimum absolute atomic E-state index is 0.0588. The highest BCUT2D eigenvalue weighted by atomic mass is 16.5. The first kappa shape index (κ1) is 17.4. The molecule has 2 aromatic heterocycles. The van der Waals surface area contributed by atoms with E-state index in [0.29, 0.717) is 12.3 Å². The van der Waals surface area contributed by atoms with Crippen molar-refractivity contribution in [3.8, 4) is 5.75 Å². The van der Waals surface area contributed by atoms with Crippen molar-refractivity contribution in [2.75, 3.05) is 13.1 Å². The van der Waals surface area contributed by atoms with Gasteiger partial charge in [-0.3, -0.25) is 14.7 Å². The number of carboxylic acids is 1. The fourth-order valence-corrected chi connectivity index (χ4v) is 3.38. The normalized spacial score (nSPS) is 21.2. The van der Waals surface area contributed by atoms with Crippen LogP contribution in [0.15, 0.2) is 36.9 Å². The SMILES string of the molecule is CCn1ccnc1CN1CC[C@@H](Oc2cccnc2)[C@H](CC(=O)O)C1. The average molecular weight is 344 g/mol. The van der Waals surface area contributed by atoms with Crippen LogP contribution in [-0.4, -0.2) is 49.7 Å². The number of aromatic nitrogens is 3. The second kappa shape index (κ2) is 8.11. The van der Waals surface area contributed by atoms with Gasteiger partial charge in [-0.05, 0) is 25.5 Å². The van der Waals surface area contributed by atoms with Crippen LogP contribution in [0.1, 0.15) is 25.6 Å². The van der Waals surface area contributed by atoms with Gasteiger partial charge < -0.3 is 14.4 Å². The van der Waals surface area contributed by atoms with Crippen LogP contribution in [0.3, 0.4) is 0 Å². The van der Waals surface area contributed by atoms with Gasteiger partial charge in [0.15, 0.2) is 0 Å². The summed E-state index contributed by atoms with van der Waals surface area (Å²) in [7, 11) is 0. The summed E-state index contributed by atoms with van der Waals surface area (Å²) < 4.78 is 8.14. The summed E-state index contributed by atoms with van der Waals surface area (Å²) in [6.07, 6.45) is 7.93. The first-order chi connectivity index (χ1) is 12.2. The number of rotatable bonds is 7. The molecule has 25 heavy (non-hydrogen) atoms. The number of likely N-dealkylation sites (tertiary alicyclic amines) is 1. The third-order valence-electron chi connectivity index (χ3n) is 4.61. The Morgan fingerprint density at radius 2 is 2.32 bits per heavy atom. The number of piperidine rings is 1. The van der Waals surface area contributed by atoms with Crippen molar-refractivity contribution in [2.24, 2.45) is 5.92 Å². The molecular formula is C18H24N4O3. The van der Waals surface area contributed by atoms with Gasteiger partial charge in [-0.15, -0.1) is 0 Å². The highest BCUT2D eigenvalue weighted by Crippen LogP contribution is 2.26. The van der Waals surface area contributed by atoms with Crippen molar-refractivity contribution in [1.82, 2.24) is 19.4 Å². The maximum atomic E-state index is 11.3.